The summed E-state index contributed by atoms with van der Waals surface area (Å²) in [5.74, 6) is 1.34. The van der Waals surface area contributed by atoms with Crippen LogP contribution in [0.15, 0.2) is 48.5 Å². The SMILES string of the molecule is CC1COc2cc(C(=O)N(C)CC(C)(C)C)ccc21.Cc1ccccc1. The molecule has 0 fully saturated rings. The van der Waals surface area contributed by atoms with Gasteiger partial charge >= 0.3 is 0 Å². The Hall–Kier alpha value is -2.29. The molecule has 0 aromatic heterocycles. The lowest BCUT2D eigenvalue weighted by molar-refractivity contribution is 0.0745. The summed E-state index contributed by atoms with van der Waals surface area (Å²) >= 11 is 0. The van der Waals surface area contributed by atoms with Gasteiger partial charge < -0.3 is 9.64 Å². The fourth-order valence-corrected chi connectivity index (χ4v) is 3.04. The summed E-state index contributed by atoms with van der Waals surface area (Å²) in [6, 6.07) is 16.1. The zero-order valence-corrected chi connectivity index (χ0v) is 16.9. The van der Waals surface area contributed by atoms with Crippen LogP contribution in [-0.4, -0.2) is 31.0 Å². The average Bonchev–Trinajstić information content (AvgIpc) is 2.94. The molecule has 1 aliphatic heterocycles. The maximum absolute atomic E-state index is 12.4. The summed E-state index contributed by atoms with van der Waals surface area (Å²) in [5.41, 5.74) is 3.34. The van der Waals surface area contributed by atoms with E-state index in [4.69, 9.17) is 4.74 Å². The van der Waals surface area contributed by atoms with Gasteiger partial charge in [-0.05, 0) is 24.5 Å². The first-order chi connectivity index (χ1) is 12.2. The van der Waals surface area contributed by atoms with Crippen LogP contribution in [0.2, 0.25) is 0 Å². The molecule has 0 saturated heterocycles. The Balaban J connectivity index is 0.000000290. The van der Waals surface area contributed by atoms with Crippen molar-refractivity contribution in [3.63, 3.8) is 0 Å². The number of carbonyl (C=O) groups excluding carboxylic acids is 1. The summed E-state index contributed by atoms with van der Waals surface area (Å²) in [4.78, 5) is 14.2. The van der Waals surface area contributed by atoms with E-state index in [-0.39, 0.29) is 11.3 Å². The highest BCUT2D eigenvalue weighted by molar-refractivity contribution is 5.94. The molecule has 1 heterocycles. The van der Waals surface area contributed by atoms with Gasteiger partial charge in [0.05, 0.1) is 6.61 Å². The summed E-state index contributed by atoms with van der Waals surface area (Å²) in [6.07, 6.45) is 0. The smallest absolute Gasteiger partial charge is 0.253 e. The summed E-state index contributed by atoms with van der Waals surface area (Å²) in [5, 5.41) is 0. The number of ether oxygens (including phenoxy) is 1. The second kappa shape index (κ2) is 8.39. The molecule has 0 saturated carbocycles. The number of aryl methyl sites for hydroxylation is 1. The van der Waals surface area contributed by atoms with Gasteiger partial charge in [-0.3, -0.25) is 4.79 Å². The third kappa shape index (κ3) is 5.62. The topological polar surface area (TPSA) is 29.5 Å². The van der Waals surface area contributed by atoms with Gasteiger partial charge in [0.15, 0.2) is 0 Å². The molecule has 1 aliphatic rings. The number of benzene rings is 2. The molecule has 3 nitrogen and oxygen atoms in total. The van der Waals surface area contributed by atoms with Crippen molar-refractivity contribution in [3.8, 4) is 5.75 Å². The van der Waals surface area contributed by atoms with Crippen LogP contribution in [0.3, 0.4) is 0 Å². The van der Waals surface area contributed by atoms with E-state index in [0.29, 0.717) is 18.1 Å². The van der Waals surface area contributed by atoms with Gasteiger partial charge in [-0.2, -0.15) is 0 Å². The zero-order valence-electron chi connectivity index (χ0n) is 16.9. The number of fused-ring (bicyclic) bond motifs is 1. The van der Waals surface area contributed by atoms with Crippen molar-refractivity contribution in [2.45, 2.75) is 40.5 Å². The van der Waals surface area contributed by atoms with Gasteiger partial charge in [-0.1, -0.05) is 69.7 Å². The molecule has 1 unspecified atom stereocenters. The molecule has 2 aromatic rings. The Bertz CT molecular complexity index is 732. The minimum atomic E-state index is 0.0564. The first-order valence-corrected chi connectivity index (χ1v) is 9.21. The van der Waals surface area contributed by atoms with Gasteiger partial charge in [0.2, 0.25) is 0 Å². The van der Waals surface area contributed by atoms with Crippen LogP contribution in [-0.2, 0) is 0 Å². The third-order valence-corrected chi connectivity index (χ3v) is 4.28. The van der Waals surface area contributed by atoms with Crippen LogP contribution in [0, 0.1) is 12.3 Å². The van der Waals surface area contributed by atoms with Crippen LogP contribution in [0.5, 0.6) is 5.75 Å². The van der Waals surface area contributed by atoms with Crippen molar-refractivity contribution in [3.05, 3.63) is 65.2 Å². The number of amides is 1. The lowest BCUT2D eigenvalue weighted by atomic mass is 9.96. The van der Waals surface area contributed by atoms with E-state index >= 15 is 0 Å². The Morgan fingerprint density at radius 1 is 1.15 bits per heavy atom. The molecule has 0 N–H and O–H groups in total. The van der Waals surface area contributed by atoms with Crippen LogP contribution in [0.25, 0.3) is 0 Å². The maximum Gasteiger partial charge on any atom is 0.253 e. The fraction of sp³-hybridized carbons (Fsp3) is 0.435. The van der Waals surface area contributed by atoms with Gasteiger partial charge in [0.25, 0.3) is 5.91 Å². The van der Waals surface area contributed by atoms with Gasteiger partial charge in [-0.25, -0.2) is 0 Å². The van der Waals surface area contributed by atoms with E-state index < -0.39 is 0 Å². The summed E-state index contributed by atoms with van der Waals surface area (Å²) in [7, 11) is 1.85. The highest BCUT2D eigenvalue weighted by Crippen LogP contribution is 2.34. The largest absolute Gasteiger partial charge is 0.493 e. The van der Waals surface area contributed by atoms with Crippen molar-refractivity contribution < 1.29 is 9.53 Å². The number of rotatable bonds is 2. The molecule has 2 aromatic carbocycles. The molecule has 140 valence electrons. The van der Waals surface area contributed by atoms with E-state index in [0.717, 1.165) is 12.3 Å². The quantitative estimate of drug-likeness (QED) is 0.733. The standard InChI is InChI=1S/C16H23NO2.C7H8/c1-11-9-19-14-8-12(6-7-13(11)14)15(18)17(5)10-16(2,3)4;1-7-5-3-2-4-6-7/h6-8,11H,9-10H2,1-5H3;2-6H,1H3. The van der Waals surface area contributed by atoms with Crippen molar-refractivity contribution in [2.24, 2.45) is 5.41 Å². The Labute approximate surface area is 158 Å². The first kappa shape index (κ1) is 20.0. The Morgan fingerprint density at radius 3 is 2.35 bits per heavy atom. The monoisotopic (exact) mass is 353 g/mol. The van der Waals surface area contributed by atoms with E-state index in [1.165, 1.54) is 11.1 Å². The van der Waals surface area contributed by atoms with Crippen molar-refractivity contribution in [2.75, 3.05) is 20.2 Å². The zero-order chi connectivity index (χ0) is 19.3. The van der Waals surface area contributed by atoms with Crippen LogP contribution < -0.4 is 4.74 Å². The molecule has 1 atom stereocenters. The normalized spacial score (nSPS) is 15.4. The van der Waals surface area contributed by atoms with Gasteiger partial charge in [0, 0.05) is 30.6 Å². The fourth-order valence-electron chi connectivity index (χ4n) is 3.04. The lowest BCUT2D eigenvalue weighted by Crippen LogP contribution is -2.34. The van der Waals surface area contributed by atoms with E-state index in [1.807, 2.05) is 43.4 Å². The van der Waals surface area contributed by atoms with Crippen LogP contribution >= 0.6 is 0 Å². The van der Waals surface area contributed by atoms with Crippen molar-refractivity contribution in [1.29, 1.82) is 0 Å². The molecule has 0 aliphatic carbocycles. The molecular formula is C23H31NO2. The molecule has 1 amide bonds. The van der Waals surface area contributed by atoms with Crippen LogP contribution in [0.4, 0.5) is 0 Å². The molecule has 3 heteroatoms. The van der Waals surface area contributed by atoms with Gasteiger partial charge in [-0.15, -0.1) is 0 Å². The Kier molecular flexibility index (Phi) is 6.47. The number of hydrogen-bond acceptors (Lipinski definition) is 2. The molecule has 3 rings (SSSR count). The highest BCUT2D eigenvalue weighted by Gasteiger charge is 2.23. The summed E-state index contributed by atoms with van der Waals surface area (Å²) < 4.78 is 5.61. The predicted octanol–water partition coefficient (Wildman–Crippen LogP) is 5.30. The Morgan fingerprint density at radius 2 is 1.81 bits per heavy atom. The van der Waals surface area contributed by atoms with Gasteiger partial charge in [0.1, 0.15) is 5.75 Å². The maximum atomic E-state index is 12.4. The molecule has 0 bridgehead atoms. The number of nitrogens with zero attached hydrogens (tertiary/aromatic N) is 1. The lowest BCUT2D eigenvalue weighted by Gasteiger charge is -2.26. The predicted molar refractivity (Wildman–Crippen MR) is 108 cm³/mol. The second-order valence-corrected chi connectivity index (χ2v) is 8.34. The minimum Gasteiger partial charge on any atom is -0.493 e. The molecule has 26 heavy (non-hydrogen) atoms. The van der Waals surface area contributed by atoms with Crippen molar-refractivity contribution in [1.82, 2.24) is 4.90 Å². The molecule has 0 radical (unpaired) electrons. The number of carbonyl (C=O) groups is 1. The second-order valence-electron chi connectivity index (χ2n) is 8.34. The minimum absolute atomic E-state index is 0.0564. The molecule has 0 spiro atoms. The van der Waals surface area contributed by atoms with Crippen molar-refractivity contribution >= 4 is 5.91 Å². The number of hydrogen-bond donors (Lipinski definition) is 0. The first-order valence-electron chi connectivity index (χ1n) is 9.21. The highest BCUT2D eigenvalue weighted by atomic mass is 16.5. The molecular weight excluding hydrogens is 322 g/mol. The third-order valence-electron chi connectivity index (χ3n) is 4.28. The van der Waals surface area contributed by atoms with E-state index in [1.54, 1.807) is 4.90 Å². The van der Waals surface area contributed by atoms with E-state index in [2.05, 4.69) is 46.8 Å². The summed E-state index contributed by atoms with van der Waals surface area (Å²) in [6.45, 7) is 12.1. The van der Waals surface area contributed by atoms with E-state index in [9.17, 15) is 4.79 Å². The average molecular weight is 354 g/mol. The van der Waals surface area contributed by atoms with Crippen LogP contribution in [0.1, 0.15) is 55.1 Å².